The van der Waals surface area contributed by atoms with Crippen molar-refractivity contribution in [1.82, 2.24) is 19.6 Å². The number of carbonyl (C=O) groups is 1. The van der Waals surface area contributed by atoms with Crippen molar-refractivity contribution in [3.63, 3.8) is 0 Å². The summed E-state index contributed by atoms with van der Waals surface area (Å²) in [6.45, 7) is 10.9. The molecule has 1 fully saturated rings. The van der Waals surface area contributed by atoms with Crippen molar-refractivity contribution in [3.8, 4) is 0 Å². The summed E-state index contributed by atoms with van der Waals surface area (Å²) in [5.74, 6) is 0.0137. The highest BCUT2D eigenvalue weighted by Crippen LogP contribution is 2.15. The Bertz CT molecular complexity index is 1000. The fraction of sp³-hybridized carbons (Fsp3) is 0.385. The molecule has 4 rings (SSSR count). The van der Waals surface area contributed by atoms with Crippen LogP contribution < -0.4 is 5.32 Å². The first-order valence-electron chi connectivity index (χ1n) is 11.4. The van der Waals surface area contributed by atoms with Crippen molar-refractivity contribution in [2.45, 2.75) is 39.9 Å². The number of amides is 1. The summed E-state index contributed by atoms with van der Waals surface area (Å²) >= 11 is 0. The van der Waals surface area contributed by atoms with Crippen LogP contribution in [0.1, 0.15) is 28.9 Å². The molecule has 1 N–H and O–H groups in total. The smallest absolute Gasteiger partial charge is 0.226 e. The van der Waals surface area contributed by atoms with Crippen molar-refractivity contribution in [2.24, 2.45) is 0 Å². The SMILES string of the molecule is Cc1cc(C)n(CCC(=O)Nc2ccc(CN3CCN(Cc4ccccc4)CC3)cc2)n1. The standard InChI is InChI=1S/C26H33N5O/c1-21-18-22(2)31(28-21)13-12-26(32)27-25-10-8-24(9-11-25)20-30-16-14-29(15-17-30)19-23-6-4-3-5-7-23/h3-11,18H,12-17,19-20H2,1-2H3,(H,27,32). The number of aromatic nitrogens is 2. The molecule has 2 heterocycles. The highest BCUT2D eigenvalue weighted by atomic mass is 16.1. The van der Waals surface area contributed by atoms with Crippen LogP contribution in [-0.2, 0) is 24.4 Å². The van der Waals surface area contributed by atoms with E-state index in [-0.39, 0.29) is 5.91 Å². The van der Waals surface area contributed by atoms with E-state index in [1.54, 1.807) is 0 Å². The van der Waals surface area contributed by atoms with Gasteiger partial charge in [0.05, 0.1) is 5.69 Å². The van der Waals surface area contributed by atoms with Crippen molar-refractivity contribution in [2.75, 3.05) is 31.5 Å². The Balaban J connectivity index is 1.19. The molecular weight excluding hydrogens is 398 g/mol. The quantitative estimate of drug-likeness (QED) is 0.589. The maximum atomic E-state index is 12.3. The molecule has 1 aliphatic rings. The molecule has 0 atom stereocenters. The van der Waals surface area contributed by atoms with E-state index < -0.39 is 0 Å². The molecule has 1 saturated heterocycles. The van der Waals surface area contributed by atoms with E-state index in [0.717, 1.165) is 56.3 Å². The number of hydrogen-bond acceptors (Lipinski definition) is 4. The van der Waals surface area contributed by atoms with Gasteiger partial charge in [-0.2, -0.15) is 5.10 Å². The third-order valence-corrected chi connectivity index (χ3v) is 6.01. The molecule has 3 aromatic rings. The van der Waals surface area contributed by atoms with Crippen molar-refractivity contribution < 1.29 is 4.79 Å². The highest BCUT2D eigenvalue weighted by molar-refractivity contribution is 5.90. The molecule has 1 amide bonds. The van der Waals surface area contributed by atoms with E-state index >= 15 is 0 Å². The average molecular weight is 432 g/mol. The van der Waals surface area contributed by atoms with Gasteiger partial charge in [0, 0.05) is 63.6 Å². The van der Waals surface area contributed by atoms with Crippen LogP contribution in [0.3, 0.4) is 0 Å². The second-order valence-electron chi connectivity index (χ2n) is 8.68. The summed E-state index contributed by atoms with van der Waals surface area (Å²) < 4.78 is 1.89. The van der Waals surface area contributed by atoms with E-state index in [4.69, 9.17) is 0 Å². The lowest BCUT2D eigenvalue weighted by Crippen LogP contribution is -2.45. The van der Waals surface area contributed by atoms with Crippen LogP contribution in [0.2, 0.25) is 0 Å². The Morgan fingerprint density at radius 2 is 1.47 bits per heavy atom. The highest BCUT2D eigenvalue weighted by Gasteiger charge is 2.17. The fourth-order valence-corrected chi connectivity index (χ4v) is 4.23. The Morgan fingerprint density at radius 1 is 0.875 bits per heavy atom. The number of hydrogen-bond donors (Lipinski definition) is 1. The third kappa shape index (κ3) is 6.28. The first kappa shape index (κ1) is 22.2. The average Bonchev–Trinajstić information content (AvgIpc) is 3.12. The van der Waals surface area contributed by atoms with Gasteiger partial charge in [-0.1, -0.05) is 42.5 Å². The topological polar surface area (TPSA) is 53.4 Å². The van der Waals surface area contributed by atoms with Crippen molar-refractivity contribution in [1.29, 1.82) is 0 Å². The van der Waals surface area contributed by atoms with Gasteiger partial charge in [-0.15, -0.1) is 0 Å². The number of carbonyl (C=O) groups excluding carboxylic acids is 1. The molecule has 2 aromatic carbocycles. The number of benzene rings is 2. The number of nitrogens with one attached hydrogen (secondary N) is 1. The zero-order chi connectivity index (χ0) is 22.3. The second kappa shape index (κ2) is 10.6. The van der Waals surface area contributed by atoms with Crippen LogP contribution in [0.4, 0.5) is 5.69 Å². The first-order valence-corrected chi connectivity index (χ1v) is 11.4. The van der Waals surface area contributed by atoms with Crippen molar-refractivity contribution in [3.05, 3.63) is 83.2 Å². The maximum Gasteiger partial charge on any atom is 0.226 e. The number of piperazine rings is 1. The minimum atomic E-state index is 0.0137. The third-order valence-electron chi connectivity index (χ3n) is 6.01. The van der Waals surface area contributed by atoms with Gasteiger partial charge < -0.3 is 5.32 Å². The van der Waals surface area contributed by atoms with Gasteiger partial charge >= 0.3 is 0 Å². The Kier molecular flexibility index (Phi) is 7.35. The van der Waals surface area contributed by atoms with Gasteiger partial charge in [0.2, 0.25) is 5.91 Å². The fourth-order valence-electron chi connectivity index (χ4n) is 4.23. The minimum absolute atomic E-state index is 0.0137. The van der Waals surface area contributed by atoms with Gasteiger partial charge in [0.1, 0.15) is 0 Å². The molecule has 0 radical (unpaired) electrons. The summed E-state index contributed by atoms with van der Waals surface area (Å²) in [5.41, 5.74) is 5.58. The first-order chi connectivity index (χ1) is 15.5. The number of aryl methyl sites for hydroxylation is 3. The van der Waals surface area contributed by atoms with Gasteiger partial charge in [0.15, 0.2) is 0 Å². The van der Waals surface area contributed by atoms with Gasteiger partial charge in [-0.3, -0.25) is 19.3 Å². The van der Waals surface area contributed by atoms with Crippen LogP contribution in [0.5, 0.6) is 0 Å². The molecular formula is C26H33N5O. The largest absolute Gasteiger partial charge is 0.326 e. The molecule has 6 heteroatoms. The van der Waals surface area contributed by atoms with Gasteiger partial charge in [-0.25, -0.2) is 0 Å². The molecule has 168 valence electrons. The van der Waals surface area contributed by atoms with E-state index in [1.165, 1.54) is 11.1 Å². The second-order valence-corrected chi connectivity index (χ2v) is 8.68. The van der Waals surface area contributed by atoms with Crippen LogP contribution >= 0.6 is 0 Å². The summed E-state index contributed by atoms with van der Waals surface area (Å²) in [7, 11) is 0. The summed E-state index contributed by atoms with van der Waals surface area (Å²) in [6.07, 6.45) is 0.414. The molecule has 1 aromatic heterocycles. The van der Waals surface area contributed by atoms with Gasteiger partial charge in [0.25, 0.3) is 0 Å². The minimum Gasteiger partial charge on any atom is -0.326 e. The summed E-state index contributed by atoms with van der Waals surface area (Å²) in [4.78, 5) is 17.3. The molecule has 0 spiro atoms. The molecule has 0 aliphatic carbocycles. The Hall–Kier alpha value is -2.96. The Morgan fingerprint density at radius 3 is 2.03 bits per heavy atom. The zero-order valence-electron chi connectivity index (χ0n) is 19.1. The summed E-state index contributed by atoms with van der Waals surface area (Å²) in [5, 5.41) is 7.41. The molecule has 0 saturated carbocycles. The van der Waals surface area contributed by atoms with Gasteiger partial charge in [-0.05, 0) is 43.2 Å². The summed E-state index contributed by atoms with van der Waals surface area (Å²) in [6, 6.07) is 21.0. The van der Waals surface area contributed by atoms with Crippen LogP contribution in [0.15, 0.2) is 60.7 Å². The van der Waals surface area contributed by atoms with Crippen LogP contribution in [0, 0.1) is 13.8 Å². The molecule has 1 aliphatic heterocycles. The number of rotatable bonds is 8. The molecule has 6 nitrogen and oxygen atoms in total. The monoisotopic (exact) mass is 431 g/mol. The zero-order valence-corrected chi connectivity index (χ0v) is 19.1. The predicted molar refractivity (Wildman–Crippen MR) is 128 cm³/mol. The van der Waals surface area contributed by atoms with Crippen molar-refractivity contribution >= 4 is 11.6 Å². The molecule has 0 unspecified atom stereocenters. The Labute approximate surface area is 190 Å². The lowest BCUT2D eigenvalue weighted by Gasteiger charge is -2.34. The lowest BCUT2D eigenvalue weighted by atomic mass is 10.1. The molecule has 32 heavy (non-hydrogen) atoms. The van der Waals surface area contributed by atoms with E-state index in [9.17, 15) is 4.79 Å². The number of nitrogens with zero attached hydrogens (tertiary/aromatic N) is 4. The van der Waals surface area contributed by atoms with E-state index in [0.29, 0.717) is 13.0 Å². The van der Waals surface area contributed by atoms with E-state index in [1.807, 2.05) is 36.7 Å². The lowest BCUT2D eigenvalue weighted by molar-refractivity contribution is -0.116. The van der Waals surface area contributed by atoms with Crippen LogP contribution in [-0.4, -0.2) is 51.7 Å². The molecule has 0 bridgehead atoms. The predicted octanol–water partition coefficient (Wildman–Crippen LogP) is 3.85. The normalized spacial score (nSPS) is 15.1. The maximum absolute atomic E-state index is 12.3. The van der Waals surface area contributed by atoms with Crippen LogP contribution in [0.25, 0.3) is 0 Å². The van der Waals surface area contributed by atoms with E-state index in [2.05, 4.69) is 62.7 Å². The number of anilines is 1.